The van der Waals surface area contributed by atoms with E-state index < -0.39 is 0 Å². The molecule has 0 unspecified atom stereocenters. The number of benzene rings is 1. The number of urea groups is 1. The number of amides is 2. The van der Waals surface area contributed by atoms with Crippen molar-refractivity contribution in [2.45, 2.75) is 19.3 Å². The largest absolute Gasteiger partial charge is 0.383 e. The van der Waals surface area contributed by atoms with E-state index in [2.05, 4.69) is 20.3 Å². The molecule has 1 aliphatic heterocycles. The Balaban J connectivity index is 1.53. The Hall–Kier alpha value is -3.00. The molecule has 1 aromatic carbocycles. The summed E-state index contributed by atoms with van der Waals surface area (Å²) in [5.74, 6) is 0.411. The number of aromatic nitrogens is 3. The molecule has 0 atom stereocenters. The number of anilines is 2. The molecule has 7 nitrogen and oxygen atoms in total. The molecule has 1 saturated heterocycles. The van der Waals surface area contributed by atoms with Gasteiger partial charge in [0.15, 0.2) is 0 Å². The minimum atomic E-state index is -0.0416. The number of thiazole rings is 1. The van der Waals surface area contributed by atoms with Crippen LogP contribution in [-0.4, -0.2) is 39.0 Å². The summed E-state index contributed by atoms with van der Waals surface area (Å²) in [7, 11) is 0. The first-order valence-corrected chi connectivity index (χ1v) is 9.76. The summed E-state index contributed by atoms with van der Waals surface area (Å²) in [5.41, 5.74) is 9.16. The van der Waals surface area contributed by atoms with Gasteiger partial charge < -0.3 is 16.0 Å². The van der Waals surface area contributed by atoms with Crippen LogP contribution in [-0.2, 0) is 0 Å². The normalized spacial score (nSPS) is 14.1. The van der Waals surface area contributed by atoms with Crippen LogP contribution in [0.2, 0.25) is 0 Å². The van der Waals surface area contributed by atoms with Crippen LogP contribution in [0.1, 0.15) is 19.3 Å². The Labute approximate surface area is 161 Å². The number of carbonyl (C=O) groups excluding carboxylic acids is 1. The van der Waals surface area contributed by atoms with Gasteiger partial charge in [0.1, 0.15) is 17.2 Å². The van der Waals surface area contributed by atoms with E-state index in [9.17, 15) is 4.79 Å². The number of hydrogen-bond donors (Lipinski definition) is 2. The fourth-order valence-electron chi connectivity index (χ4n) is 3.09. The Kier molecular flexibility index (Phi) is 4.97. The number of nitrogens with one attached hydrogen (secondary N) is 1. The molecule has 4 rings (SSSR count). The predicted octanol–water partition coefficient (Wildman–Crippen LogP) is 3.87. The molecule has 3 heterocycles. The van der Waals surface area contributed by atoms with Gasteiger partial charge in [-0.05, 0) is 31.4 Å². The number of hydrogen-bond acceptors (Lipinski definition) is 6. The lowest BCUT2D eigenvalue weighted by Gasteiger charge is -2.26. The standard InChI is InChI=1S/C19H20N6OS/c20-17-15(10-21-12-22-17)18-24-16(11-27-18)13-5-4-6-14(9-13)23-19(26)25-7-2-1-3-8-25/h4-6,9-12H,1-3,7-8H2,(H,23,26)(H2,20,21,22). The van der Waals surface area contributed by atoms with Gasteiger partial charge in [-0.15, -0.1) is 11.3 Å². The van der Waals surface area contributed by atoms with Crippen LogP contribution in [0.3, 0.4) is 0 Å². The third kappa shape index (κ3) is 3.90. The van der Waals surface area contributed by atoms with E-state index in [0.29, 0.717) is 5.82 Å². The van der Waals surface area contributed by atoms with E-state index >= 15 is 0 Å². The van der Waals surface area contributed by atoms with Crippen LogP contribution in [0.4, 0.5) is 16.3 Å². The quantitative estimate of drug-likeness (QED) is 0.719. The van der Waals surface area contributed by atoms with Gasteiger partial charge in [-0.1, -0.05) is 12.1 Å². The van der Waals surface area contributed by atoms with Crippen molar-refractivity contribution >= 4 is 28.9 Å². The number of nitrogen functional groups attached to an aromatic ring is 1. The molecular weight excluding hydrogens is 360 g/mol. The summed E-state index contributed by atoms with van der Waals surface area (Å²) >= 11 is 1.49. The van der Waals surface area contributed by atoms with E-state index in [-0.39, 0.29) is 6.03 Å². The summed E-state index contributed by atoms with van der Waals surface area (Å²) in [6.45, 7) is 1.64. The van der Waals surface area contributed by atoms with Crippen molar-refractivity contribution in [3.63, 3.8) is 0 Å². The lowest BCUT2D eigenvalue weighted by Crippen LogP contribution is -2.38. The first-order valence-electron chi connectivity index (χ1n) is 8.88. The van der Waals surface area contributed by atoms with Gasteiger partial charge in [-0.2, -0.15) is 0 Å². The number of piperidine rings is 1. The van der Waals surface area contributed by atoms with Gasteiger partial charge in [0.25, 0.3) is 0 Å². The number of likely N-dealkylation sites (tertiary alicyclic amines) is 1. The van der Waals surface area contributed by atoms with Crippen LogP contribution >= 0.6 is 11.3 Å². The van der Waals surface area contributed by atoms with Gasteiger partial charge in [-0.25, -0.2) is 19.7 Å². The molecule has 0 bridgehead atoms. The van der Waals surface area contributed by atoms with Gasteiger partial charge >= 0.3 is 6.03 Å². The fraction of sp³-hybridized carbons (Fsp3) is 0.263. The average Bonchev–Trinajstić information content (AvgIpc) is 3.19. The minimum absolute atomic E-state index is 0.0416. The zero-order valence-corrected chi connectivity index (χ0v) is 15.6. The molecule has 0 radical (unpaired) electrons. The third-order valence-corrected chi connectivity index (χ3v) is 5.41. The predicted molar refractivity (Wildman–Crippen MR) is 107 cm³/mol. The Morgan fingerprint density at radius 3 is 2.89 bits per heavy atom. The highest BCUT2D eigenvalue weighted by atomic mass is 32.1. The highest BCUT2D eigenvalue weighted by Gasteiger charge is 2.17. The van der Waals surface area contributed by atoms with Gasteiger partial charge in [0.05, 0.1) is 11.3 Å². The first kappa shape index (κ1) is 17.4. The van der Waals surface area contributed by atoms with Crippen LogP contribution in [0.5, 0.6) is 0 Å². The Morgan fingerprint density at radius 2 is 2.07 bits per heavy atom. The highest BCUT2D eigenvalue weighted by molar-refractivity contribution is 7.13. The molecule has 3 aromatic rings. The first-order chi connectivity index (χ1) is 13.2. The zero-order chi connectivity index (χ0) is 18.6. The molecule has 3 N–H and O–H groups in total. The van der Waals surface area contributed by atoms with Gasteiger partial charge in [0.2, 0.25) is 0 Å². The minimum Gasteiger partial charge on any atom is -0.383 e. The van der Waals surface area contributed by atoms with Gasteiger partial charge in [-0.3, -0.25) is 0 Å². The summed E-state index contributed by atoms with van der Waals surface area (Å²) in [5, 5.41) is 5.73. The molecule has 27 heavy (non-hydrogen) atoms. The molecule has 0 saturated carbocycles. The SMILES string of the molecule is Nc1ncncc1-c1nc(-c2cccc(NC(=O)N3CCCCC3)c2)cs1. The molecule has 0 aliphatic carbocycles. The monoisotopic (exact) mass is 380 g/mol. The second kappa shape index (κ2) is 7.71. The summed E-state index contributed by atoms with van der Waals surface area (Å²) < 4.78 is 0. The summed E-state index contributed by atoms with van der Waals surface area (Å²) in [4.78, 5) is 27.0. The van der Waals surface area contributed by atoms with Crippen molar-refractivity contribution in [3.05, 3.63) is 42.2 Å². The molecule has 2 aromatic heterocycles. The van der Waals surface area contributed by atoms with Crippen molar-refractivity contribution in [2.75, 3.05) is 24.1 Å². The van der Waals surface area contributed by atoms with Crippen molar-refractivity contribution < 1.29 is 4.79 Å². The summed E-state index contributed by atoms with van der Waals surface area (Å²) in [6.07, 6.45) is 6.42. The molecule has 1 aliphatic rings. The molecule has 2 amide bonds. The van der Waals surface area contributed by atoms with Crippen LogP contribution in [0.25, 0.3) is 21.8 Å². The second-order valence-corrected chi connectivity index (χ2v) is 7.28. The van der Waals surface area contributed by atoms with Crippen LogP contribution in [0.15, 0.2) is 42.2 Å². The van der Waals surface area contributed by atoms with Crippen LogP contribution < -0.4 is 11.1 Å². The molecule has 8 heteroatoms. The number of carbonyl (C=O) groups is 1. The van der Waals surface area contributed by atoms with Crippen molar-refractivity contribution in [2.24, 2.45) is 0 Å². The molecule has 0 spiro atoms. The maximum atomic E-state index is 12.4. The smallest absolute Gasteiger partial charge is 0.321 e. The van der Waals surface area contributed by atoms with Crippen molar-refractivity contribution in [1.82, 2.24) is 19.9 Å². The Morgan fingerprint density at radius 1 is 1.22 bits per heavy atom. The van der Waals surface area contributed by atoms with Crippen molar-refractivity contribution in [1.29, 1.82) is 0 Å². The Bertz CT molecular complexity index is 951. The van der Waals surface area contributed by atoms with Crippen molar-refractivity contribution in [3.8, 4) is 21.8 Å². The maximum Gasteiger partial charge on any atom is 0.321 e. The maximum absolute atomic E-state index is 12.4. The molecule has 1 fully saturated rings. The number of nitrogens with two attached hydrogens (primary N) is 1. The van der Waals surface area contributed by atoms with E-state index in [1.165, 1.54) is 24.1 Å². The van der Waals surface area contributed by atoms with Crippen LogP contribution in [0, 0.1) is 0 Å². The van der Waals surface area contributed by atoms with E-state index in [1.54, 1.807) is 6.20 Å². The average molecular weight is 380 g/mol. The molecular formula is C19H20N6OS. The van der Waals surface area contributed by atoms with E-state index in [4.69, 9.17) is 5.73 Å². The fourth-order valence-corrected chi connectivity index (χ4v) is 3.94. The number of rotatable bonds is 3. The summed E-state index contributed by atoms with van der Waals surface area (Å²) in [6, 6.07) is 7.67. The number of nitrogens with zero attached hydrogens (tertiary/aromatic N) is 4. The third-order valence-electron chi connectivity index (χ3n) is 4.53. The van der Waals surface area contributed by atoms with Gasteiger partial charge in [0, 0.05) is 35.9 Å². The topological polar surface area (TPSA) is 97.0 Å². The lowest BCUT2D eigenvalue weighted by molar-refractivity contribution is 0.200. The van der Waals surface area contributed by atoms with E-state index in [0.717, 1.165) is 53.4 Å². The zero-order valence-electron chi connectivity index (χ0n) is 14.8. The lowest BCUT2D eigenvalue weighted by atomic mass is 10.1. The molecule has 138 valence electrons. The second-order valence-electron chi connectivity index (χ2n) is 6.42. The highest BCUT2D eigenvalue weighted by Crippen LogP contribution is 2.31. The van der Waals surface area contributed by atoms with E-state index in [1.807, 2.05) is 34.5 Å².